The second kappa shape index (κ2) is 5.38. The normalized spacial score (nSPS) is 10.5. The summed E-state index contributed by atoms with van der Waals surface area (Å²) in [5, 5.41) is 1.61. The van der Waals surface area contributed by atoms with Crippen molar-refractivity contribution in [1.82, 2.24) is 4.98 Å². The lowest BCUT2D eigenvalue weighted by Crippen LogP contribution is -2.27. The third-order valence-corrected chi connectivity index (χ3v) is 3.67. The lowest BCUT2D eigenvalue weighted by molar-refractivity contribution is -0.708. The summed E-state index contributed by atoms with van der Waals surface area (Å²) in [6.07, 6.45) is 3.75. The molecule has 0 bridgehead atoms. The first-order valence-electron chi connectivity index (χ1n) is 5.11. The highest BCUT2D eigenvalue weighted by molar-refractivity contribution is 7.99. The van der Waals surface area contributed by atoms with Gasteiger partial charge >= 0.3 is 5.16 Å². The van der Waals surface area contributed by atoms with Crippen LogP contribution in [0, 0.1) is 0 Å². The fraction of sp³-hybridized carbons (Fsp3) is 0.167. The minimum absolute atomic E-state index is 0.0984. The Kier molecular flexibility index (Phi) is 3.86. The summed E-state index contributed by atoms with van der Waals surface area (Å²) in [6.45, 7) is 0. The molecule has 0 saturated carbocycles. The molecule has 0 radical (unpaired) electrons. The van der Waals surface area contributed by atoms with Gasteiger partial charge in [0.15, 0.2) is 5.78 Å². The molecule has 1 aromatic heterocycles. The second-order valence-corrected chi connectivity index (χ2v) is 5.00. The SMILES string of the molecule is C[n+]1cc[nH]c1SCC(=O)c1ccc(Cl)cc1. The molecule has 0 saturated heterocycles. The van der Waals surface area contributed by atoms with Crippen LogP contribution in [0.25, 0.3) is 0 Å². The van der Waals surface area contributed by atoms with Crippen LogP contribution in [-0.2, 0) is 7.05 Å². The summed E-state index contributed by atoms with van der Waals surface area (Å²) >= 11 is 7.26. The van der Waals surface area contributed by atoms with Crippen LogP contribution in [0.3, 0.4) is 0 Å². The molecule has 0 amide bonds. The number of rotatable bonds is 4. The highest BCUT2D eigenvalue weighted by atomic mass is 35.5. The van der Waals surface area contributed by atoms with Crippen molar-refractivity contribution in [2.45, 2.75) is 5.16 Å². The number of carbonyl (C=O) groups excluding carboxylic acids is 1. The number of aryl methyl sites for hydroxylation is 1. The summed E-state index contributed by atoms with van der Waals surface area (Å²) in [6, 6.07) is 6.96. The van der Waals surface area contributed by atoms with Gasteiger partial charge in [-0.15, -0.1) is 0 Å². The lowest BCUT2D eigenvalue weighted by Gasteiger charge is -1.99. The summed E-state index contributed by atoms with van der Waals surface area (Å²) in [7, 11) is 1.94. The molecule has 0 aliphatic carbocycles. The van der Waals surface area contributed by atoms with E-state index in [1.807, 2.05) is 24.0 Å². The monoisotopic (exact) mass is 267 g/mol. The maximum Gasteiger partial charge on any atom is 0.315 e. The summed E-state index contributed by atoms with van der Waals surface area (Å²) in [5.41, 5.74) is 0.691. The number of benzene rings is 1. The standard InChI is InChI=1S/C12H11ClN2OS/c1-15-7-6-14-12(15)17-8-11(16)9-2-4-10(13)5-3-9/h2-7H,8H2,1H3/p+1. The Bertz CT molecular complexity index is 522. The van der Waals surface area contributed by atoms with E-state index < -0.39 is 0 Å². The molecule has 88 valence electrons. The average Bonchev–Trinajstić information content (AvgIpc) is 2.73. The van der Waals surface area contributed by atoms with Crippen molar-refractivity contribution in [3.8, 4) is 0 Å². The van der Waals surface area contributed by atoms with Gasteiger partial charge in [0.2, 0.25) is 0 Å². The molecule has 1 N–H and O–H groups in total. The molecule has 2 rings (SSSR count). The number of H-pyrrole nitrogens is 1. The number of carbonyl (C=O) groups is 1. The van der Waals surface area contributed by atoms with Gasteiger partial charge in [0.1, 0.15) is 12.4 Å². The van der Waals surface area contributed by atoms with Crippen LogP contribution >= 0.6 is 23.4 Å². The van der Waals surface area contributed by atoms with E-state index in [-0.39, 0.29) is 5.78 Å². The first kappa shape index (κ1) is 12.2. The number of nitrogens with zero attached hydrogens (tertiary/aromatic N) is 1. The van der Waals surface area contributed by atoms with Gasteiger partial charge in [0.05, 0.1) is 12.8 Å². The molecule has 0 fully saturated rings. The number of hydrogen-bond acceptors (Lipinski definition) is 2. The molecule has 0 aliphatic heterocycles. The highest BCUT2D eigenvalue weighted by Gasteiger charge is 2.12. The van der Waals surface area contributed by atoms with Crippen LogP contribution < -0.4 is 4.57 Å². The molecule has 0 unspecified atom stereocenters. The molecule has 0 aliphatic rings. The van der Waals surface area contributed by atoms with Crippen LogP contribution in [0.15, 0.2) is 41.8 Å². The summed E-state index contributed by atoms with van der Waals surface area (Å²) < 4.78 is 1.94. The molecule has 17 heavy (non-hydrogen) atoms. The van der Waals surface area contributed by atoms with Crippen LogP contribution in [0.5, 0.6) is 0 Å². The van der Waals surface area contributed by atoms with Gasteiger partial charge in [-0.2, -0.15) is 0 Å². The van der Waals surface area contributed by atoms with E-state index in [9.17, 15) is 4.79 Å². The van der Waals surface area contributed by atoms with E-state index in [0.29, 0.717) is 16.3 Å². The Balaban J connectivity index is 1.98. The number of Topliss-reactive ketones (excluding diaryl/α,β-unsaturated/α-hetero) is 1. The van der Waals surface area contributed by atoms with E-state index in [4.69, 9.17) is 11.6 Å². The van der Waals surface area contributed by atoms with Crippen molar-refractivity contribution in [3.05, 3.63) is 47.2 Å². The van der Waals surface area contributed by atoms with Crippen LogP contribution in [-0.4, -0.2) is 16.5 Å². The predicted octanol–water partition coefficient (Wildman–Crippen LogP) is 2.47. The molecule has 0 atom stereocenters. The van der Waals surface area contributed by atoms with Gasteiger partial charge in [-0.25, -0.2) is 9.55 Å². The van der Waals surface area contributed by atoms with Gasteiger partial charge in [-0.05, 0) is 36.0 Å². The van der Waals surface area contributed by atoms with Crippen LogP contribution in [0.1, 0.15) is 10.4 Å². The van der Waals surface area contributed by atoms with Gasteiger partial charge in [-0.3, -0.25) is 4.79 Å². The predicted molar refractivity (Wildman–Crippen MR) is 68.5 cm³/mol. The minimum atomic E-state index is 0.0984. The van der Waals surface area contributed by atoms with E-state index in [1.54, 1.807) is 24.3 Å². The zero-order valence-electron chi connectivity index (χ0n) is 9.31. The van der Waals surface area contributed by atoms with Gasteiger partial charge in [-0.1, -0.05) is 11.6 Å². The van der Waals surface area contributed by atoms with Crippen molar-refractivity contribution in [2.75, 3.05) is 5.75 Å². The number of ketones is 1. The van der Waals surface area contributed by atoms with Crippen LogP contribution in [0.4, 0.5) is 0 Å². The number of thioether (sulfide) groups is 1. The summed E-state index contributed by atoms with van der Waals surface area (Å²) in [5.74, 6) is 0.511. The zero-order chi connectivity index (χ0) is 12.3. The van der Waals surface area contributed by atoms with E-state index in [0.717, 1.165) is 5.16 Å². The summed E-state index contributed by atoms with van der Waals surface area (Å²) in [4.78, 5) is 14.9. The van der Waals surface area contributed by atoms with Gasteiger partial charge in [0, 0.05) is 10.6 Å². The molecule has 1 heterocycles. The molecule has 0 spiro atoms. The van der Waals surface area contributed by atoms with Gasteiger partial charge < -0.3 is 0 Å². The number of nitrogens with one attached hydrogen (secondary N) is 1. The minimum Gasteiger partial charge on any atom is -0.293 e. The van der Waals surface area contributed by atoms with E-state index in [1.165, 1.54) is 11.8 Å². The Hall–Kier alpha value is -1.26. The molecule has 1 aromatic carbocycles. The van der Waals surface area contributed by atoms with Crippen molar-refractivity contribution in [1.29, 1.82) is 0 Å². The lowest BCUT2D eigenvalue weighted by atomic mass is 10.1. The number of aromatic amines is 1. The topological polar surface area (TPSA) is 36.7 Å². The first-order chi connectivity index (χ1) is 8.16. The highest BCUT2D eigenvalue weighted by Crippen LogP contribution is 2.15. The van der Waals surface area contributed by atoms with E-state index >= 15 is 0 Å². The fourth-order valence-corrected chi connectivity index (χ4v) is 2.36. The molecule has 2 aromatic rings. The fourth-order valence-electron chi connectivity index (χ4n) is 1.39. The van der Waals surface area contributed by atoms with Crippen molar-refractivity contribution >= 4 is 29.1 Å². The molecule has 3 nitrogen and oxygen atoms in total. The van der Waals surface area contributed by atoms with Crippen LogP contribution in [0.2, 0.25) is 5.02 Å². The second-order valence-electron chi connectivity index (χ2n) is 3.59. The Morgan fingerprint density at radius 1 is 1.41 bits per heavy atom. The van der Waals surface area contributed by atoms with Crippen molar-refractivity contribution in [3.63, 3.8) is 0 Å². The number of hydrogen-bond donors (Lipinski definition) is 1. The Morgan fingerprint density at radius 3 is 2.71 bits per heavy atom. The van der Waals surface area contributed by atoms with Gasteiger partial charge in [0.25, 0.3) is 0 Å². The largest absolute Gasteiger partial charge is 0.315 e. The first-order valence-corrected chi connectivity index (χ1v) is 6.48. The van der Waals surface area contributed by atoms with E-state index in [2.05, 4.69) is 4.98 Å². The molecule has 5 heteroatoms. The third-order valence-electron chi connectivity index (χ3n) is 2.33. The number of halogens is 1. The Labute approximate surface area is 109 Å². The maximum atomic E-state index is 11.9. The molecular formula is C12H12ClN2OS+. The third kappa shape index (κ3) is 3.11. The Morgan fingerprint density at radius 2 is 2.12 bits per heavy atom. The molecular weight excluding hydrogens is 256 g/mol. The number of imidazole rings is 1. The van der Waals surface area contributed by atoms with Crippen molar-refractivity contribution < 1.29 is 9.36 Å². The average molecular weight is 268 g/mol. The zero-order valence-corrected chi connectivity index (χ0v) is 10.9. The quantitative estimate of drug-likeness (QED) is 0.525. The van der Waals surface area contributed by atoms with Crippen molar-refractivity contribution in [2.24, 2.45) is 7.05 Å². The number of aromatic nitrogens is 2. The smallest absolute Gasteiger partial charge is 0.293 e. The maximum absolute atomic E-state index is 11.9.